The first-order valence-corrected chi connectivity index (χ1v) is 11.8. The standard InChI is InChI=1S/C26H29NO4S/c1-19(7-5-10-20-8-3-2-4-9-20)23(28)15-12-21-13-17-25(29)27(21)18-6-11-22-14-16-24(32-22)26(30)31/h2-4,8-9,12,14-16,19,21,23,28H,6-7,11,13,17-18H2,1H3,(H,30,31)/t19-,21-,23-/m0/s1. The Kier molecular flexibility index (Phi) is 8.66. The van der Waals surface area contributed by atoms with Gasteiger partial charge in [0, 0.05) is 29.8 Å². The number of carboxylic acids is 1. The molecule has 1 fully saturated rings. The Morgan fingerprint density at radius 1 is 1.28 bits per heavy atom. The molecule has 1 aromatic heterocycles. The van der Waals surface area contributed by atoms with Gasteiger partial charge in [0.25, 0.3) is 0 Å². The Labute approximate surface area is 193 Å². The first-order valence-electron chi connectivity index (χ1n) is 11.0. The van der Waals surface area contributed by atoms with Crippen LogP contribution >= 0.6 is 11.3 Å². The molecule has 6 heteroatoms. The SMILES string of the molecule is C[C@@H](CC#Cc1ccccc1)[C@@H](O)C=C[C@H]1CCC(=O)N1CCCc1ccc(C(=O)O)s1. The number of thiophene rings is 1. The van der Waals surface area contributed by atoms with Gasteiger partial charge in [-0.05, 0) is 49.4 Å². The van der Waals surface area contributed by atoms with Crippen LogP contribution in [0.1, 0.15) is 52.7 Å². The van der Waals surface area contributed by atoms with Gasteiger partial charge in [0.15, 0.2) is 0 Å². The van der Waals surface area contributed by atoms with Crippen molar-refractivity contribution in [2.45, 2.75) is 51.2 Å². The molecule has 0 aliphatic carbocycles. The molecule has 1 aliphatic rings. The van der Waals surface area contributed by atoms with E-state index in [1.807, 2.05) is 54.3 Å². The highest BCUT2D eigenvalue weighted by Gasteiger charge is 2.28. The molecule has 2 aromatic rings. The third-order valence-electron chi connectivity index (χ3n) is 5.61. The number of aromatic carboxylic acids is 1. The van der Waals surface area contributed by atoms with E-state index in [2.05, 4.69) is 11.8 Å². The first kappa shape index (κ1) is 23.8. The van der Waals surface area contributed by atoms with Crippen LogP contribution in [0.15, 0.2) is 54.6 Å². The number of hydrogen-bond acceptors (Lipinski definition) is 4. The molecule has 0 radical (unpaired) electrons. The van der Waals surface area contributed by atoms with Gasteiger partial charge in [0.05, 0.1) is 12.1 Å². The molecule has 2 heterocycles. The topological polar surface area (TPSA) is 77.8 Å². The number of rotatable bonds is 9. The molecule has 0 unspecified atom stereocenters. The van der Waals surface area contributed by atoms with Crippen LogP contribution in [0.5, 0.6) is 0 Å². The minimum atomic E-state index is -0.903. The third-order valence-corrected chi connectivity index (χ3v) is 6.75. The monoisotopic (exact) mass is 451 g/mol. The highest BCUT2D eigenvalue weighted by atomic mass is 32.1. The quantitative estimate of drug-likeness (QED) is 0.439. The van der Waals surface area contributed by atoms with Crippen LogP contribution in [-0.2, 0) is 11.2 Å². The van der Waals surface area contributed by atoms with Crippen molar-refractivity contribution in [2.24, 2.45) is 5.92 Å². The van der Waals surface area contributed by atoms with Crippen LogP contribution in [0.25, 0.3) is 0 Å². The molecule has 1 aromatic carbocycles. The number of likely N-dealkylation sites (tertiary alicyclic amines) is 1. The zero-order valence-corrected chi connectivity index (χ0v) is 19.1. The molecule has 5 nitrogen and oxygen atoms in total. The van der Waals surface area contributed by atoms with Crippen LogP contribution in [-0.4, -0.2) is 45.7 Å². The van der Waals surface area contributed by atoms with Gasteiger partial charge in [-0.15, -0.1) is 11.3 Å². The van der Waals surface area contributed by atoms with E-state index in [9.17, 15) is 14.7 Å². The zero-order chi connectivity index (χ0) is 22.9. The van der Waals surface area contributed by atoms with Gasteiger partial charge < -0.3 is 15.1 Å². The van der Waals surface area contributed by atoms with Gasteiger partial charge in [-0.3, -0.25) is 4.79 Å². The van der Waals surface area contributed by atoms with Gasteiger partial charge in [-0.2, -0.15) is 0 Å². The van der Waals surface area contributed by atoms with Crippen molar-refractivity contribution in [3.8, 4) is 11.8 Å². The summed E-state index contributed by atoms with van der Waals surface area (Å²) >= 11 is 1.29. The van der Waals surface area contributed by atoms with Gasteiger partial charge in [-0.1, -0.05) is 49.1 Å². The van der Waals surface area contributed by atoms with E-state index in [0.717, 1.165) is 29.7 Å². The Bertz CT molecular complexity index is 1000. The Morgan fingerprint density at radius 2 is 2.06 bits per heavy atom. The number of aliphatic hydroxyl groups excluding tert-OH is 1. The van der Waals surface area contributed by atoms with Crippen LogP contribution < -0.4 is 0 Å². The number of benzene rings is 1. The Balaban J connectivity index is 1.48. The maximum absolute atomic E-state index is 12.3. The molecule has 2 N–H and O–H groups in total. The minimum absolute atomic E-state index is 0.00216. The lowest BCUT2D eigenvalue weighted by molar-refractivity contribution is -0.128. The molecule has 0 spiro atoms. The fourth-order valence-electron chi connectivity index (χ4n) is 3.69. The molecule has 1 saturated heterocycles. The smallest absolute Gasteiger partial charge is 0.345 e. The van der Waals surface area contributed by atoms with Crippen molar-refractivity contribution in [3.05, 3.63) is 69.9 Å². The van der Waals surface area contributed by atoms with Gasteiger partial charge in [-0.25, -0.2) is 4.79 Å². The van der Waals surface area contributed by atoms with Crippen molar-refractivity contribution in [1.82, 2.24) is 4.90 Å². The van der Waals surface area contributed by atoms with Crippen molar-refractivity contribution in [3.63, 3.8) is 0 Å². The number of hydrogen-bond donors (Lipinski definition) is 2. The maximum atomic E-state index is 12.3. The lowest BCUT2D eigenvalue weighted by Crippen LogP contribution is -2.33. The molecule has 168 valence electrons. The van der Waals surface area contributed by atoms with E-state index in [1.165, 1.54) is 11.3 Å². The van der Waals surface area contributed by atoms with E-state index >= 15 is 0 Å². The van der Waals surface area contributed by atoms with Crippen molar-refractivity contribution in [1.29, 1.82) is 0 Å². The number of carboxylic acid groups (broad SMARTS) is 1. The lowest BCUT2D eigenvalue weighted by atomic mass is 9.99. The summed E-state index contributed by atoms with van der Waals surface area (Å²) in [7, 11) is 0. The summed E-state index contributed by atoms with van der Waals surface area (Å²) in [5, 5.41) is 19.5. The average molecular weight is 452 g/mol. The molecule has 1 amide bonds. The van der Waals surface area contributed by atoms with Crippen molar-refractivity contribution < 1.29 is 19.8 Å². The second-order valence-corrected chi connectivity index (χ2v) is 9.26. The second kappa shape index (κ2) is 11.7. The van der Waals surface area contributed by atoms with Gasteiger partial charge in [0.2, 0.25) is 5.91 Å². The molecular weight excluding hydrogens is 422 g/mol. The summed E-state index contributed by atoms with van der Waals surface area (Å²) in [6.45, 7) is 2.60. The van der Waals surface area contributed by atoms with Gasteiger partial charge >= 0.3 is 5.97 Å². The minimum Gasteiger partial charge on any atom is -0.477 e. The number of amides is 1. The van der Waals surface area contributed by atoms with E-state index < -0.39 is 12.1 Å². The summed E-state index contributed by atoms with van der Waals surface area (Å²) in [6, 6.07) is 13.2. The summed E-state index contributed by atoms with van der Waals surface area (Å²) in [5.41, 5.74) is 0.964. The summed E-state index contributed by atoms with van der Waals surface area (Å²) in [5.74, 6) is 5.47. The summed E-state index contributed by atoms with van der Waals surface area (Å²) in [6.07, 6.45) is 6.53. The predicted octanol–water partition coefficient (Wildman–Crippen LogP) is 4.36. The van der Waals surface area contributed by atoms with Crippen LogP contribution in [0.4, 0.5) is 0 Å². The highest BCUT2D eigenvalue weighted by Crippen LogP contribution is 2.23. The van der Waals surface area contributed by atoms with E-state index in [4.69, 9.17) is 5.11 Å². The normalized spacial score (nSPS) is 17.9. The number of nitrogens with zero attached hydrogens (tertiary/aromatic N) is 1. The Morgan fingerprint density at radius 3 is 2.78 bits per heavy atom. The molecule has 0 saturated carbocycles. The number of aryl methyl sites for hydroxylation is 1. The van der Waals surface area contributed by atoms with E-state index in [1.54, 1.807) is 12.1 Å². The first-order chi connectivity index (χ1) is 15.4. The molecule has 0 bridgehead atoms. The summed E-state index contributed by atoms with van der Waals surface area (Å²) in [4.78, 5) is 26.5. The third kappa shape index (κ3) is 6.81. The van der Waals surface area contributed by atoms with Crippen LogP contribution in [0.3, 0.4) is 0 Å². The molecule has 1 aliphatic heterocycles. The second-order valence-electron chi connectivity index (χ2n) is 8.09. The fraction of sp³-hybridized carbons (Fsp3) is 0.385. The zero-order valence-electron chi connectivity index (χ0n) is 18.2. The highest BCUT2D eigenvalue weighted by molar-refractivity contribution is 7.13. The molecule has 3 rings (SSSR count). The summed E-state index contributed by atoms with van der Waals surface area (Å²) < 4.78 is 0. The predicted molar refractivity (Wildman–Crippen MR) is 127 cm³/mol. The fourth-order valence-corrected chi connectivity index (χ4v) is 4.57. The molecular formula is C26H29NO4S. The van der Waals surface area contributed by atoms with Crippen LogP contribution in [0.2, 0.25) is 0 Å². The number of carbonyl (C=O) groups is 2. The Hall–Kier alpha value is -2.88. The number of carbonyl (C=O) groups excluding carboxylic acids is 1. The van der Waals surface area contributed by atoms with Crippen LogP contribution in [0, 0.1) is 17.8 Å². The molecule has 3 atom stereocenters. The lowest BCUT2D eigenvalue weighted by Gasteiger charge is -2.23. The molecule has 32 heavy (non-hydrogen) atoms. The maximum Gasteiger partial charge on any atom is 0.345 e. The largest absolute Gasteiger partial charge is 0.477 e. The van der Waals surface area contributed by atoms with E-state index in [0.29, 0.717) is 24.3 Å². The van der Waals surface area contributed by atoms with E-state index in [-0.39, 0.29) is 17.9 Å². The average Bonchev–Trinajstić information content (AvgIpc) is 3.40. The number of aliphatic hydroxyl groups is 1. The van der Waals surface area contributed by atoms with Crippen molar-refractivity contribution in [2.75, 3.05) is 6.54 Å². The van der Waals surface area contributed by atoms with Gasteiger partial charge in [0.1, 0.15) is 4.88 Å². The van der Waals surface area contributed by atoms with Crippen molar-refractivity contribution >= 4 is 23.2 Å².